The first-order valence-corrected chi connectivity index (χ1v) is 10.1. The summed E-state index contributed by atoms with van der Waals surface area (Å²) in [6.45, 7) is 13.6. The molecule has 2 rings (SSSR count). The lowest BCUT2D eigenvalue weighted by Crippen LogP contribution is -2.41. The second-order valence-corrected chi connectivity index (χ2v) is 11.3. The highest BCUT2D eigenvalue weighted by Crippen LogP contribution is 2.39. The lowest BCUT2D eigenvalue weighted by atomic mass is 9.97. The number of halogens is 3. The van der Waals surface area contributed by atoms with Gasteiger partial charge in [-0.2, -0.15) is 13.2 Å². The first-order valence-electron chi connectivity index (χ1n) is 8.94. The van der Waals surface area contributed by atoms with E-state index in [0.717, 1.165) is 11.1 Å². The van der Waals surface area contributed by atoms with Gasteiger partial charge in [0.15, 0.2) is 0 Å². The van der Waals surface area contributed by atoms with Crippen molar-refractivity contribution in [1.29, 1.82) is 0 Å². The molecule has 0 saturated carbocycles. The van der Waals surface area contributed by atoms with Gasteiger partial charge in [0.1, 0.15) is 6.04 Å². The molecule has 7 heteroatoms. The van der Waals surface area contributed by atoms with Crippen LogP contribution < -0.4 is 4.72 Å². The molecule has 0 aliphatic carbocycles. The highest BCUT2D eigenvalue weighted by molar-refractivity contribution is 7.84. The van der Waals surface area contributed by atoms with Gasteiger partial charge < -0.3 is 4.57 Å². The van der Waals surface area contributed by atoms with Crippen LogP contribution in [0, 0.1) is 12.3 Å². The smallest absolute Gasteiger partial charge is 0.347 e. The number of fused-ring (bicyclic) bond motifs is 1. The number of benzene rings is 1. The second kappa shape index (κ2) is 7.24. The van der Waals surface area contributed by atoms with Crippen LogP contribution in [0.1, 0.15) is 58.7 Å². The summed E-state index contributed by atoms with van der Waals surface area (Å²) in [5.41, 5.74) is 1.76. The van der Waals surface area contributed by atoms with Crippen molar-refractivity contribution in [1.82, 2.24) is 9.29 Å². The van der Waals surface area contributed by atoms with E-state index in [1.54, 1.807) is 39.1 Å². The van der Waals surface area contributed by atoms with Crippen LogP contribution in [0.3, 0.4) is 0 Å². The van der Waals surface area contributed by atoms with Crippen molar-refractivity contribution in [2.75, 3.05) is 0 Å². The van der Waals surface area contributed by atoms with Gasteiger partial charge in [0.2, 0.25) is 0 Å². The normalized spacial score (nSPS) is 15.9. The zero-order valence-corrected chi connectivity index (χ0v) is 17.8. The maximum Gasteiger partial charge on any atom is 0.408 e. The molecular weight excluding hydrogens is 373 g/mol. The molecule has 0 aliphatic rings. The Balaban J connectivity index is 2.64. The van der Waals surface area contributed by atoms with E-state index in [0.29, 0.717) is 11.9 Å². The molecule has 152 valence electrons. The number of hydrogen-bond donors (Lipinski definition) is 1. The van der Waals surface area contributed by atoms with E-state index in [9.17, 15) is 17.4 Å². The monoisotopic (exact) mass is 402 g/mol. The van der Waals surface area contributed by atoms with Gasteiger partial charge in [-0.15, -0.1) is 0 Å². The molecule has 0 fully saturated rings. The van der Waals surface area contributed by atoms with Crippen LogP contribution in [0.15, 0.2) is 24.4 Å². The Labute approximate surface area is 161 Å². The minimum absolute atomic E-state index is 0.0949. The fraction of sp³-hybridized carbons (Fsp3) is 0.600. The Kier molecular flexibility index (Phi) is 5.89. The van der Waals surface area contributed by atoms with Crippen molar-refractivity contribution in [3.63, 3.8) is 0 Å². The highest BCUT2D eigenvalue weighted by atomic mass is 32.2. The predicted octanol–water partition coefficient (Wildman–Crippen LogP) is 5.65. The van der Waals surface area contributed by atoms with Crippen molar-refractivity contribution in [3.05, 3.63) is 35.5 Å². The van der Waals surface area contributed by atoms with Gasteiger partial charge in [-0.1, -0.05) is 32.9 Å². The van der Waals surface area contributed by atoms with Crippen molar-refractivity contribution in [2.24, 2.45) is 5.41 Å². The maximum atomic E-state index is 13.9. The quantitative estimate of drug-likeness (QED) is 0.704. The highest BCUT2D eigenvalue weighted by Gasteiger charge is 2.44. The molecule has 1 unspecified atom stereocenters. The van der Waals surface area contributed by atoms with E-state index in [1.807, 2.05) is 38.3 Å². The third-order valence-electron chi connectivity index (χ3n) is 4.13. The SMILES string of the molecule is Cc1ccc2c([C@H](NS(=O)C(C)(C)C)C(F)(F)F)cn(CC(C)(C)C)c2c1. The van der Waals surface area contributed by atoms with Crippen LogP contribution in [0.4, 0.5) is 13.2 Å². The Morgan fingerprint density at radius 3 is 2.19 bits per heavy atom. The molecule has 2 atom stereocenters. The van der Waals surface area contributed by atoms with E-state index in [-0.39, 0.29) is 11.0 Å². The number of aryl methyl sites for hydroxylation is 1. The average Bonchev–Trinajstić information content (AvgIpc) is 2.78. The molecule has 1 N–H and O–H groups in total. The Morgan fingerprint density at radius 2 is 1.70 bits per heavy atom. The number of alkyl halides is 3. The summed E-state index contributed by atoms with van der Waals surface area (Å²) >= 11 is 0. The largest absolute Gasteiger partial charge is 0.408 e. The Bertz CT molecular complexity index is 842. The van der Waals surface area contributed by atoms with E-state index in [1.165, 1.54) is 0 Å². The van der Waals surface area contributed by atoms with Crippen molar-refractivity contribution >= 4 is 21.9 Å². The van der Waals surface area contributed by atoms with E-state index in [4.69, 9.17) is 0 Å². The van der Waals surface area contributed by atoms with Gasteiger partial charge in [-0.3, -0.25) is 0 Å². The summed E-state index contributed by atoms with van der Waals surface area (Å²) in [7, 11) is -1.85. The van der Waals surface area contributed by atoms with Crippen molar-refractivity contribution in [2.45, 2.75) is 72.0 Å². The van der Waals surface area contributed by atoms with Crippen LogP contribution >= 0.6 is 0 Å². The third-order valence-corrected chi connectivity index (χ3v) is 5.69. The molecule has 1 aromatic heterocycles. The van der Waals surface area contributed by atoms with Gasteiger partial charge in [-0.05, 0) is 44.7 Å². The molecule has 0 saturated heterocycles. The zero-order valence-electron chi connectivity index (χ0n) is 17.0. The van der Waals surface area contributed by atoms with Crippen LogP contribution in [0.5, 0.6) is 0 Å². The molecule has 0 radical (unpaired) electrons. The van der Waals surface area contributed by atoms with Crippen LogP contribution in [-0.2, 0) is 17.5 Å². The van der Waals surface area contributed by atoms with Crippen molar-refractivity contribution in [3.8, 4) is 0 Å². The average molecular weight is 403 g/mol. The molecule has 0 spiro atoms. The van der Waals surface area contributed by atoms with Crippen LogP contribution in [0.25, 0.3) is 10.9 Å². The molecule has 1 aromatic carbocycles. The summed E-state index contributed by atoms with van der Waals surface area (Å²) in [5.74, 6) is 0. The zero-order chi connectivity index (χ0) is 20.8. The molecule has 0 bridgehead atoms. The second-order valence-electron chi connectivity index (χ2n) is 9.27. The van der Waals surface area contributed by atoms with Crippen LogP contribution in [-0.4, -0.2) is 19.7 Å². The number of nitrogens with zero attached hydrogens (tertiary/aromatic N) is 1. The van der Waals surface area contributed by atoms with Crippen LogP contribution in [0.2, 0.25) is 0 Å². The van der Waals surface area contributed by atoms with E-state index >= 15 is 0 Å². The van der Waals surface area contributed by atoms with Gasteiger partial charge in [0.25, 0.3) is 0 Å². The number of hydrogen-bond acceptors (Lipinski definition) is 1. The fourth-order valence-corrected chi connectivity index (χ4v) is 3.72. The minimum Gasteiger partial charge on any atom is -0.347 e. The Morgan fingerprint density at radius 1 is 1.11 bits per heavy atom. The summed E-state index contributed by atoms with van der Waals surface area (Å²) in [4.78, 5) is 0. The standard InChI is InChI=1S/C20H29F3N2OS/c1-13-8-9-14-15(11-25(16(14)10-13)12-18(2,3)4)17(20(21,22)23)24-27(26)19(5,6)7/h8-11,17,24H,12H2,1-7H3/t17-,27?/m0/s1. The molecule has 0 amide bonds. The first kappa shape index (κ1) is 22.0. The Hall–Kier alpha value is -1.34. The summed E-state index contributed by atoms with van der Waals surface area (Å²) in [6, 6.07) is 3.43. The molecule has 27 heavy (non-hydrogen) atoms. The molecular formula is C20H29F3N2OS. The summed E-state index contributed by atoms with van der Waals surface area (Å²) in [5, 5.41) is 0.533. The number of aromatic nitrogens is 1. The third kappa shape index (κ3) is 5.35. The first-order chi connectivity index (χ1) is 12.1. The van der Waals surface area contributed by atoms with E-state index < -0.39 is 28.0 Å². The molecule has 2 aromatic rings. The molecule has 1 heterocycles. The van der Waals surface area contributed by atoms with Gasteiger partial charge in [0.05, 0.1) is 15.7 Å². The topological polar surface area (TPSA) is 34.0 Å². The number of nitrogens with one attached hydrogen (secondary N) is 1. The van der Waals surface area contributed by atoms with Crippen molar-refractivity contribution < 1.29 is 17.4 Å². The summed E-state index contributed by atoms with van der Waals surface area (Å²) < 4.78 is 57.5. The number of rotatable bonds is 4. The maximum absolute atomic E-state index is 13.9. The summed E-state index contributed by atoms with van der Waals surface area (Å²) in [6.07, 6.45) is -3.01. The van der Waals surface area contributed by atoms with Gasteiger partial charge >= 0.3 is 6.18 Å². The minimum atomic E-state index is -4.56. The van der Waals surface area contributed by atoms with Gasteiger partial charge in [0, 0.05) is 29.2 Å². The predicted molar refractivity (Wildman–Crippen MR) is 106 cm³/mol. The van der Waals surface area contributed by atoms with E-state index in [2.05, 4.69) is 4.72 Å². The lowest BCUT2D eigenvalue weighted by Gasteiger charge is -2.26. The molecule has 0 aliphatic heterocycles. The lowest BCUT2D eigenvalue weighted by molar-refractivity contribution is -0.152. The fourth-order valence-electron chi connectivity index (χ4n) is 2.89. The van der Waals surface area contributed by atoms with Gasteiger partial charge in [-0.25, -0.2) is 8.93 Å². The molecule has 3 nitrogen and oxygen atoms in total.